The molecule has 0 saturated carbocycles. The molecular formula is C13H16F2N4. The van der Waals surface area contributed by atoms with Gasteiger partial charge in [-0.3, -0.25) is 4.68 Å². The Balaban J connectivity index is 2.22. The van der Waals surface area contributed by atoms with Gasteiger partial charge in [0.05, 0.1) is 0 Å². The first-order valence-corrected chi connectivity index (χ1v) is 6.14. The van der Waals surface area contributed by atoms with Crippen LogP contribution < -0.4 is 5.32 Å². The lowest BCUT2D eigenvalue weighted by Crippen LogP contribution is -2.21. The van der Waals surface area contributed by atoms with Crippen molar-refractivity contribution in [2.45, 2.75) is 25.9 Å². The topological polar surface area (TPSA) is 42.7 Å². The Kier molecular flexibility index (Phi) is 4.21. The highest BCUT2D eigenvalue weighted by Crippen LogP contribution is 2.19. The summed E-state index contributed by atoms with van der Waals surface area (Å²) >= 11 is 0. The predicted molar refractivity (Wildman–Crippen MR) is 67.6 cm³/mol. The van der Waals surface area contributed by atoms with Crippen molar-refractivity contribution in [3.63, 3.8) is 0 Å². The fourth-order valence-electron chi connectivity index (χ4n) is 2.01. The molecule has 0 spiro atoms. The van der Waals surface area contributed by atoms with Crippen LogP contribution in [0.5, 0.6) is 0 Å². The van der Waals surface area contributed by atoms with Gasteiger partial charge in [-0.25, -0.2) is 13.8 Å². The number of hydrogen-bond acceptors (Lipinski definition) is 3. The van der Waals surface area contributed by atoms with Crippen molar-refractivity contribution < 1.29 is 8.78 Å². The van der Waals surface area contributed by atoms with Gasteiger partial charge in [0.1, 0.15) is 12.2 Å². The van der Waals surface area contributed by atoms with E-state index in [2.05, 4.69) is 15.4 Å². The van der Waals surface area contributed by atoms with E-state index in [1.807, 2.05) is 6.92 Å². The van der Waals surface area contributed by atoms with Crippen LogP contribution >= 0.6 is 0 Å². The number of benzene rings is 1. The molecule has 2 aromatic rings. The van der Waals surface area contributed by atoms with Crippen LogP contribution in [0.1, 0.15) is 24.4 Å². The second-order valence-electron chi connectivity index (χ2n) is 4.21. The van der Waals surface area contributed by atoms with Gasteiger partial charge >= 0.3 is 0 Å². The van der Waals surface area contributed by atoms with Crippen molar-refractivity contribution in [1.29, 1.82) is 0 Å². The predicted octanol–water partition coefficient (Wildman–Crippen LogP) is 2.08. The van der Waals surface area contributed by atoms with Crippen LogP contribution in [-0.2, 0) is 13.0 Å². The Labute approximate surface area is 110 Å². The van der Waals surface area contributed by atoms with E-state index in [4.69, 9.17) is 0 Å². The molecule has 0 radical (unpaired) electrons. The molecule has 0 bridgehead atoms. The standard InChI is InChI=1S/C13H16F2N4/c1-3-19-13(17-8-18-19)7-12(16-2)9-4-5-10(14)11(15)6-9/h4-6,8,12,16H,3,7H2,1-2H3. The molecule has 2 rings (SSSR count). The van der Waals surface area contributed by atoms with Gasteiger partial charge in [-0.2, -0.15) is 5.10 Å². The zero-order chi connectivity index (χ0) is 13.8. The third kappa shape index (κ3) is 2.96. The lowest BCUT2D eigenvalue weighted by Gasteiger charge is -2.16. The molecule has 1 heterocycles. The fraction of sp³-hybridized carbons (Fsp3) is 0.385. The maximum atomic E-state index is 13.3. The molecule has 0 aliphatic rings. The molecule has 0 aliphatic heterocycles. The van der Waals surface area contributed by atoms with Crippen LogP contribution in [0.4, 0.5) is 8.78 Å². The summed E-state index contributed by atoms with van der Waals surface area (Å²) in [7, 11) is 1.78. The first-order chi connectivity index (χ1) is 9.15. The molecule has 102 valence electrons. The van der Waals surface area contributed by atoms with Gasteiger partial charge in [0.2, 0.25) is 0 Å². The Morgan fingerprint density at radius 1 is 1.32 bits per heavy atom. The second-order valence-corrected chi connectivity index (χ2v) is 4.21. The lowest BCUT2D eigenvalue weighted by atomic mass is 10.0. The van der Waals surface area contributed by atoms with Gasteiger partial charge < -0.3 is 5.32 Å². The van der Waals surface area contributed by atoms with Crippen LogP contribution in [0, 0.1) is 11.6 Å². The summed E-state index contributed by atoms with van der Waals surface area (Å²) in [6.07, 6.45) is 2.06. The van der Waals surface area contributed by atoms with E-state index in [1.165, 1.54) is 12.4 Å². The lowest BCUT2D eigenvalue weighted by molar-refractivity contribution is 0.496. The largest absolute Gasteiger partial charge is 0.313 e. The minimum atomic E-state index is -0.838. The van der Waals surface area contributed by atoms with Crippen molar-refractivity contribution in [3.8, 4) is 0 Å². The molecule has 4 nitrogen and oxygen atoms in total. The number of likely N-dealkylation sites (N-methyl/N-ethyl adjacent to an activating group) is 1. The Morgan fingerprint density at radius 2 is 2.11 bits per heavy atom. The Bertz CT molecular complexity index is 553. The van der Waals surface area contributed by atoms with Gasteiger partial charge in [0.25, 0.3) is 0 Å². The first-order valence-electron chi connectivity index (χ1n) is 6.14. The van der Waals surface area contributed by atoms with E-state index in [0.29, 0.717) is 12.0 Å². The van der Waals surface area contributed by atoms with Gasteiger partial charge in [-0.1, -0.05) is 6.07 Å². The summed E-state index contributed by atoms with van der Waals surface area (Å²) < 4.78 is 28.0. The van der Waals surface area contributed by atoms with Crippen LogP contribution in [0.3, 0.4) is 0 Å². The SMILES string of the molecule is CCn1ncnc1CC(NC)c1ccc(F)c(F)c1. The normalized spacial score (nSPS) is 12.6. The molecule has 0 saturated heterocycles. The average molecular weight is 266 g/mol. The molecule has 6 heteroatoms. The monoisotopic (exact) mass is 266 g/mol. The average Bonchev–Trinajstić information content (AvgIpc) is 2.86. The van der Waals surface area contributed by atoms with Crippen LogP contribution in [-0.4, -0.2) is 21.8 Å². The molecular weight excluding hydrogens is 250 g/mol. The van der Waals surface area contributed by atoms with Crippen molar-refractivity contribution >= 4 is 0 Å². The number of aryl methyl sites for hydroxylation is 1. The quantitative estimate of drug-likeness (QED) is 0.901. The summed E-state index contributed by atoms with van der Waals surface area (Å²) in [5.74, 6) is -0.864. The second kappa shape index (κ2) is 5.88. The summed E-state index contributed by atoms with van der Waals surface area (Å²) in [5.41, 5.74) is 0.687. The van der Waals surface area contributed by atoms with Crippen molar-refractivity contribution in [1.82, 2.24) is 20.1 Å². The highest BCUT2D eigenvalue weighted by molar-refractivity contribution is 5.22. The fourth-order valence-corrected chi connectivity index (χ4v) is 2.01. The van der Waals surface area contributed by atoms with Crippen LogP contribution in [0.2, 0.25) is 0 Å². The molecule has 1 N–H and O–H groups in total. The Hall–Kier alpha value is -1.82. The third-order valence-corrected chi connectivity index (χ3v) is 3.08. The van der Waals surface area contributed by atoms with Crippen LogP contribution in [0.25, 0.3) is 0 Å². The first kappa shape index (κ1) is 13.6. The molecule has 0 fully saturated rings. The maximum Gasteiger partial charge on any atom is 0.159 e. The van der Waals surface area contributed by atoms with Crippen molar-refractivity contribution in [2.75, 3.05) is 7.05 Å². The zero-order valence-corrected chi connectivity index (χ0v) is 10.9. The van der Waals surface area contributed by atoms with Crippen molar-refractivity contribution in [3.05, 3.63) is 47.5 Å². The Morgan fingerprint density at radius 3 is 2.74 bits per heavy atom. The summed E-state index contributed by atoms with van der Waals surface area (Å²) in [6.45, 7) is 2.70. The van der Waals surface area contributed by atoms with E-state index in [0.717, 1.165) is 18.4 Å². The van der Waals surface area contributed by atoms with Crippen molar-refractivity contribution in [2.24, 2.45) is 0 Å². The van der Waals surface area contributed by atoms with Gasteiger partial charge in [-0.05, 0) is 31.7 Å². The van der Waals surface area contributed by atoms with Gasteiger partial charge in [-0.15, -0.1) is 0 Å². The number of hydrogen-bond donors (Lipinski definition) is 1. The van der Waals surface area contributed by atoms with E-state index >= 15 is 0 Å². The summed E-state index contributed by atoms with van der Waals surface area (Å²) in [5, 5.41) is 7.18. The smallest absolute Gasteiger partial charge is 0.159 e. The van der Waals surface area contributed by atoms with Gasteiger partial charge in [0, 0.05) is 19.0 Å². The van der Waals surface area contributed by atoms with E-state index in [9.17, 15) is 8.78 Å². The van der Waals surface area contributed by atoms with E-state index in [-0.39, 0.29) is 6.04 Å². The minimum Gasteiger partial charge on any atom is -0.313 e. The number of rotatable bonds is 5. The highest BCUT2D eigenvalue weighted by Gasteiger charge is 2.15. The molecule has 1 aromatic carbocycles. The number of halogens is 2. The molecule has 1 aromatic heterocycles. The molecule has 19 heavy (non-hydrogen) atoms. The molecule has 1 atom stereocenters. The molecule has 0 amide bonds. The molecule has 0 aliphatic carbocycles. The molecule has 1 unspecified atom stereocenters. The summed E-state index contributed by atoms with van der Waals surface area (Å²) in [4.78, 5) is 4.18. The number of aromatic nitrogens is 3. The van der Waals surface area contributed by atoms with E-state index < -0.39 is 11.6 Å². The minimum absolute atomic E-state index is 0.135. The summed E-state index contributed by atoms with van der Waals surface area (Å²) in [6, 6.07) is 3.79. The maximum absolute atomic E-state index is 13.3. The third-order valence-electron chi connectivity index (χ3n) is 3.08. The van der Waals surface area contributed by atoms with Crippen LogP contribution in [0.15, 0.2) is 24.5 Å². The van der Waals surface area contributed by atoms with E-state index in [1.54, 1.807) is 17.8 Å². The van der Waals surface area contributed by atoms with Gasteiger partial charge in [0.15, 0.2) is 11.6 Å². The highest BCUT2D eigenvalue weighted by atomic mass is 19.2. The zero-order valence-electron chi connectivity index (χ0n) is 10.9. The number of nitrogens with one attached hydrogen (secondary N) is 1. The number of nitrogens with zero attached hydrogens (tertiary/aromatic N) is 3.